The maximum Gasteiger partial charge on any atom is 0.254 e. The molecule has 28 heavy (non-hydrogen) atoms. The fraction of sp³-hybridized carbons (Fsp3) is 0.250. The summed E-state index contributed by atoms with van der Waals surface area (Å²) in [6.07, 6.45) is 0. The lowest BCUT2D eigenvalue weighted by atomic mass is 10.1. The van der Waals surface area contributed by atoms with Gasteiger partial charge in [-0.25, -0.2) is 0 Å². The fourth-order valence-corrected chi connectivity index (χ4v) is 2.84. The zero-order valence-corrected chi connectivity index (χ0v) is 16.1. The number of nitrogens with two attached hydrogens (primary N) is 1. The minimum absolute atomic E-state index is 0. The third-order valence-electron chi connectivity index (χ3n) is 4.43. The second-order valence-electron chi connectivity index (χ2n) is 6.36. The quantitative estimate of drug-likeness (QED) is 0.695. The van der Waals surface area contributed by atoms with Crippen molar-refractivity contribution >= 4 is 30.1 Å². The first-order chi connectivity index (χ1) is 13.1. The van der Waals surface area contributed by atoms with Crippen molar-refractivity contribution < 1.29 is 14.4 Å². The zero-order chi connectivity index (χ0) is 19.2. The van der Waals surface area contributed by atoms with Crippen LogP contribution in [0.4, 0.5) is 0 Å². The van der Waals surface area contributed by atoms with Crippen molar-refractivity contribution in [3.8, 4) is 0 Å². The van der Waals surface area contributed by atoms with Crippen LogP contribution in [0.5, 0.6) is 0 Å². The van der Waals surface area contributed by atoms with E-state index in [2.05, 4.69) is 10.6 Å². The molecule has 1 aliphatic heterocycles. The van der Waals surface area contributed by atoms with Crippen LogP contribution in [-0.4, -0.2) is 42.3 Å². The van der Waals surface area contributed by atoms with E-state index in [4.69, 9.17) is 5.73 Å². The van der Waals surface area contributed by atoms with Gasteiger partial charge in [0.15, 0.2) is 0 Å². The van der Waals surface area contributed by atoms with Crippen molar-refractivity contribution in [1.82, 2.24) is 15.5 Å². The number of carbonyl (C=O) groups excluding carboxylic acids is 3. The molecule has 8 heteroatoms. The van der Waals surface area contributed by atoms with Gasteiger partial charge in [-0.15, -0.1) is 12.4 Å². The van der Waals surface area contributed by atoms with E-state index >= 15 is 0 Å². The predicted molar refractivity (Wildman–Crippen MR) is 108 cm³/mol. The first-order valence-corrected chi connectivity index (χ1v) is 8.79. The number of amides is 3. The topological polar surface area (TPSA) is 105 Å². The van der Waals surface area contributed by atoms with Crippen LogP contribution in [0.1, 0.15) is 31.8 Å². The van der Waals surface area contributed by atoms with Gasteiger partial charge >= 0.3 is 0 Å². The van der Waals surface area contributed by atoms with E-state index in [1.807, 2.05) is 12.1 Å². The molecular formula is C20H23ClN4O3. The molecule has 0 saturated carbocycles. The average molecular weight is 403 g/mol. The van der Waals surface area contributed by atoms with Gasteiger partial charge in [0, 0.05) is 37.3 Å². The molecule has 0 radical (unpaired) electrons. The van der Waals surface area contributed by atoms with E-state index in [0.717, 1.165) is 11.1 Å². The number of hydrogen-bond acceptors (Lipinski definition) is 4. The summed E-state index contributed by atoms with van der Waals surface area (Å²) in [5.74, 6) is -0.480. The lowest BCUT2D eigenvalue weighted by Gasteiger charge is -2.26. The van der Waals surface area contributed by atoms with Crippen molar-refractivity contribution in [3.63, 3.8) is 0 Å². The van der Waals surface area contributed by atoms with Gasteiger partial charge < -0.3 is 21.3 Å². The molecule has 0 spiro atoms. The molecule has 3 amide bonds. The first kappa shape index (κ1) is 21.4. The van der Waals surface area contributed by atoms with Gasteiger partial charge in [-0.1, -0.05) is 24.3 Å². The average Bonchev–Trinajstić information content (AvgIpc) is 2.72. The summed E-state index contributed by atoms with van der Waals surface area (Å²) in [6, 6.07) is 14.2. The van der Waals surface area contributed by atoms with Gasteiger partial charge in [-0.05, 0) is 35.4 Å². The van der Waals surface area contributed by atoms with Gasteiger partial charge in [0.1, 0.15) is 0 Å². The van der Waals surface area contributed by atoms with E-state index in [-0.39, 0.29) is 36.7 Å². The maximum atomic E-state index is 12.4. The van der Waals surface area contributed by atoms with Crippen LogP contribution >= 0.6 is 12.4 Å². The van der Waals surface area contributed by atoms with Crippen LogP contribution < -0.4 is 16.4 Å². The lowest BCUT2D eigenvalue weighted by Crippen LogP contribution is -2.49. The summed E-state index contributed by atoms with van der Waals surface area (Å²) in [6.45, 7) is 1.86. The summed E-state index contributed by atoms with van der Waals surface area (Å²) < 4.78 is 0. The normalized spacial score (nSPS) is 13.3. The number of halogens is 1. The number of nitrogens with zero attached hydrogens (tertiary/aromatic N) is 1. The Morgan fingerprint density at radius 2 is 1.61 bits per heavy atom. The van der Waals surface area contributed by atoms with Crippen molar-refractivity contribution in [2.45, 2.75) is 13.1 Å². The van der Waals surface area contributed by atoms with Crippen molar-refractivity contribution in [3.05, 3.63) is 70.8 Å². The number of carbonyl (C=O) groups is 3. The molecule has 0 aromatic heterocycles. The highest BCUT2D eigenvalue weighted by molar-refractivity contribution is 5.97. The molecule has 0 atom stereocenters. The molecule has 0 bridgehead atoms. The van der Waals surface area contributed by atoms with Crippen LogP contribution in [0.25, 0.3) is 0 Å². The highest BCUT2D eigenvalue weighted by atomic mass is 35.5. The summed E-state index contributed by atoms with van der Waals surface area (Å²) in [7, 11) is 0. The van der Waals surface area contributed by atoms with E-state index in [9.17, 15) is 14.4 Å². The highest BCUT2D eigenvalue weighted by Gasteiger charge is 2.22. The molecule has 1 aliphatic rings. The second kappa shape index (κ2) is 9.87. The largest absolute Gasteiger partial charge is 0.353 e. The number of hydrogen-bond donors (Lipinski definition) is 3. The molecule has 0 unspecified atom stereocenters. The van der Waals surface area contributed by atoms with Crippen LogP contribution in [-0.2, 0) is 17.9 Å². The Morgan fingerprint density at radius 3 is 2.21 bits per heavy atom. The molecule has 0 aliphatic carbocycles. The Morgan fingerprint density at radius 1 is 1.00 bits per heavy atom. The summed E-state index contributed by atoms with van der Waals surface area (Å²) in [5.41, 5.74) is 8.50. The fourth-order valence-electron chi connectivity index (χ4n) is 2.84. The monoisotopic (exact) mass is 402 g/mol. The maximum absolute atomic E-state index is 12.4. The van der Waals surface area contributed by atoms with Gasteiger partial charge in [0.05, 0.1) is 6.54 Å². The van der Waals surface area contributed by atoms with Gasteiger partial charge in [0.25, 0.3) is 11.8 Å². The molecule has 2 aromatic carbocycles. The minimum Gasteiger partial charge on any atom is -0.353 e. The lowest BCUT2D eigenvalue weighted by molar-refractivity contribution is -0.123. The Kier molecular flexibility index (Phi) is 7.54. The number of piperazine rings is 1. The van der Waals surface area contributed by atoms with Crippen LogP contribution in [0.15, 0.2) is 48.5 Å². The third kappa shape index (κ3) is 5.31. The summed E-state index contributed by atoms with van der Waals surface area (Å²) in [5, 5.41) is 5.55. The second-order valence-corrected chi connectivity index (χ2v) is 6.36. The summed E-state index contributed by atoms with van der Waals surface area (Å²) in [4.78, 5) is 37.6. The molecule has 7 nitrogen and oxygen atoms in total. The molecule has 148 valence electrons. The van der Waals surface area contributed by atoms with Gasteiger partial charge in [-0.3, -0.25) is 14.4 Å². The first-order valence-electron chi connectivity index (χ1n) is 8.79. The van der Waals surface area contributed by atoms with E-state index in [1.165, 1.54) is 4.90 Å². The molecular weight excluding hydrogens is 380 g/mol. The third-order valence-corrected chi connectivity index (χ3v) is 4.43. The van der Waals surface area contributed by atoms with Gasteiger partial charge in [-0.2, -0.15) is 0 Å². The molecule has 1 fully saturated rings. The number of benzene rings is 2. The van der Waals surface area contributed by atoms with Crippen molar-refractivity contribution in [2.24, 2.45) is 5.73 Å². The van der Waals surface area contributed by atoms with Crippen LogP contribution in [0.3, 0.4) is 0 Å². The van der Waals surface area contributed by atoms with Crippen molar-refractivity contribution in [1.29, 1.82) is 0 Å². The van der Waals surface area contributed by atoms with E-state index in [1.54, 1.807) is 36.4 Å². The molecule has 1 heterocycles. The van der Waals surface area contributed by atoms with Crippen molar-refractivity contribution in [2.75, 3.05) is 19.6 Å². The standard InChI is InChI=1S/C20H22N4O3.ClH/c21-11-14-1-5-16(6-2-14)19(26)23-12-15-3-7-17(8-4-15)20(27)24-10-9-22-18(25)13-24;/h1-8H,9-13,21H2,(H,22,25)(H,23,26);1H. The van der Waals surface area contributed by atoms with E-state index < -0.39 is 0 Å². The Balaban J connectivity index is 0.00000280. The van der Waals surface area contributed by atoms with E-state index in [0.29, 0.717) is 37.3 Å². The van der Waals surface area contributed by atoms with Crippen LogP contribution in [0.2, 0.25) is 0 Å². The highest BCUT2D eigenvalue weighted by Crippen LogP contribution is 2.10. The predicted octanol–water partition coefficient (Wildman–Crippen LogP) is 1.07. The zero-order valence-electron chi connectivity index (χ0n) is 15.3. The number of rotatable bonds is 5. The molecule has 1 saturated heterocycles. The molecule has 4 N–H and O–H groups in total. The van der Waals surface area contributed by atoms with Crippen LogP contribution in [0, 0.1) is 0 Å². The summed E-state index contributed by atoms with van der Waals surface area (Å²) >= 11 is 0. The Labute approximate surface area is 169 Å². The Hall–Kier alpha value is -2.90. The van der Waals surface area contributed by atoms with Gasteiger partial charge in [0.2, 0.25) is 5.91 Å². The SMILES string of the molecule is Cl.NCc1ccc(C(=O)NCc2ccc(C(=O)N3CCNC(=O)C3)cc2)cc1. The smallest absolute Gasteiger partial charge is 0.254 e. The number of nitrogens with one attached hydrogen (secondary N) is 2. The minimum atomic E-state index is -0.168. The molecule has 2 aromatic rings. The Bertz CT molecular complexity index is 838. The molecule has 3 rings (SSSR count).